The van der Waals surface area contributed by atoms with E-state index >= 15 is 0 Å². The predicted octanol–water partition coefficient (Wildman–Crippen LogP) is 3.35. The number of halogens is 1. The molecule has 0 saturated heterocycles. The van der Waals surface area contributed by atoms with E-state index in [0.717, 1.165) is 22.0 Å². The maximum atomic E-state index is 13.4. The van der Waals surface area contributed by atoms with Crippen LogP contribution in [-0.2, 0) is 21.4 Å². The van der Waals surface area contributed by atoms with Crippen LogP contribution < -0.4 is 19.1 Å². The van der Waals surface area contributed by atoms with E-state index in [9.17, 15) is 17.6 Å². The molecule has 9 heteroatoms. The van der Waals surface area contributed by atoms with Gasteiger partial charge >= 0.3 is 0 Å². The van der Waals surface area contributed by atoms with Crippen molar-refractivity contribution in [2.75, 3.05) is 25.1 Å². The van der Waals surface area contributed by atoms with Gasteiger partial charge in [-0.3, -0.25) is 9.10 Å². The second-order valence-corrected chi connectivity index (χ2v) is 8.61. The molecular formula is C23H23FN2O5S. The lowest BCUT2D eigenvalue weighted by atomic mass is 10.2. The number of hydrogen-bond acceptors (Lipinski definition) is 5. The van der Waals surface area contributed by atoms with Crippen molar-refractivity contribution in [1.82, 2.24) is 5.32 Å². The fourth-order valence-electron chi connectivity index (χ4n) is 3.03. The van der Waals surface area contributed by atoms with E-state index in [-0.39, 0.29) is 17.1 Å². The lowest BCUT2D eigenvalue weighted by Crippen LogP contribution is -2.40. The number of nitrogens with one attached hydrogen (secondary N) is 1. The summed E-state index contributed by atoms with van der Waals surface area (Å²) in [5.74, 6) is 0.0503. The molecule has 1 N–H and O–H groups in total. The number of para-hydroxylation sites is 1. The summed E-state index contributed by atoms with van der Waals surface area (Å²) >= 11 is 0. The van der Waals surface area contributed by atoms with Gasteiger partial charge in [0.05, 0.1) is 24.8 Å². The highest BCUT2D eigenvalue weighted by Gasteiger charge is 2.27. The van der Waals surface area contributed by atoms with E-state index in [1.165, 1.54) is 50.6 Å². The number of hydrogen-bond donors (Lipinski definition) is 1. The molecule has 3 aromatic rings. The molecule has 0 spiro atoms. The van der Waals surface area contributed by atoms with Crippen LogP contribution in [0, 0.1) is 5.82 Å². The van der Waals surface area contributed by atoms with Gasteiger partial charge in [-0.15, -0.1) is 0 Å². The van der Waals surface area contributed by atoms with E-state index in [0.29, 0.717) is 11.5 Å². The Kier molecular flexibility index (Phi) is 7.32. The number of benzene rings is 3. The van der Waals surface area contributed by atoms with E-state index in [4.69, 9.17) is 9.47 Å². The zero-order chi connectivity index (χ0) is 23.1. The molecule has 0 aliphatic rings. The molecular weight excluding hydrogens is 435 g/mol. The van der Waals surface area contributed by atoms with Gasteiger partial charge in [0.25, 0.3) is 10.0 Å². The topological polar surface area (TPSA) is 84.9 Å². The first-order valence-electron chi connectivity index (χ1n) is 9.66. The average molecular weight is 459 g/mol. The highest BCUT2D eigenvalue weighted by atomic mass is 32.2. The summed E-state index contributed by atoms with van der Waals surface area (Å²) in [6.45, 7) is -0.335. The molecule has 0 fully saturated rings. The smallest absolute Gasteiger partial charge is 0.264 e. The molecule has 3 aromatic carbocycles. The third-order valence-electron chi connectivity index (χ3n) is 4.72. The SMILES string of the molecule is COc1ccc(S(=O)(=O)N(CC(=O)NCc2ccccc2OC)c2ccc(F)cc2)cc1. The van der Waals surface area contributed by atoms with Crippen molar-refractivity contribution < 1.29 is 27.1 Å². The highest BCUT2D eigenvalue weighted by Crippen LogP contribution is 2.25. The normalized spacial score (nSPS) is 11.0. The monoisotopic (exact) mass is 458 g/mol. The lowest BCUT2D eigenvalue weighted by molar-refractivity contribution is -0.119. The maximum absolute atomic E-state index is 13.4. The third-order valence-corrected chi connectivity index (χ3v) is 6.51. The van der Waals surface area contributed by atoms with Gasteiger partial charge < -0.3 is 14.8 Å². The summed E-state index contributed by atoms with van der Waals surface area (Å²) in [5, 5.41) is 2.71. The molecule has 0 saturated carbocycles. The van der Waals surface area contributed by atoms with Crippen molar-refractivity contribution in [3.05, 3.63) is 84.2 Å². The molecule has 0 bridgehead atoms. The molecule has 0 aliphatic carbocycles. The van der Waals surface area contributed by atoms with Crippen LogP contribution in [0.3, 0.4) is 0 Å². The average Bonchev–Trinajstić information content (AvgIpc) is 2.82. The number of sulfonamides is 1. The number of amides is 1. The number of carbonyl (C=O) groups excluding carboxylic acids is 1. The number of nitrogens with zero attached hydrogens (tertiary/aromatic N) is 1. The standard InChI is InChI=1S/C23H23FN2O5S/c1-30-20-11-13-21(14-12-20)32(28,29)26(19-9-7-18(24)8-10-19)16-23(27)25-15-17-5-3-4-6-22(17)31-2/h3-14H,15-16H2,1-2H3,(H,25,27). The van der Waals surface area contributed by atoms with E-state index in [2.05, 4.69) is 5.32 Å². The van der Waals surface area contributed by atoms with Crippen LogP contribution in [0.4, 0.5) is 10.1 Å². The largest absolute Gasteiger partial charge is 0.497 e. The minimum absolute atomic E-state index is 0.0276. The lowest BCUT2D eigenvalue weighted by Gasteiger charge is -2.24. The summed E-state index contributed by atoms with van der Waals surface area (Å²) in [6.07, 6.45) is 0. The zero-order valence-corrected chi connectivity index (χ0v) is 18.4. The van der Waals surface area contributed by atoms with Crippen LogP contribution in [0.5, 0.6) is 11.5 Å². The molecule has 0 aromatic heterocycles. The van der Waals surface area contributed by atoms with Gasteiger partial charge in [0.2, 0.25) is 5.91 Å². The Morgan fingerprint density at radius 2 is 1.59 bits per heavy atom. The first-order chi connectivity index (χ1) is 15.3. The summed E-state index contributed by atoms with van der Waals surface area (Å²) in [6, 6.07) is 17.9. The van der Waals surface area contributed by atoms with Crippen LogP contribution in [0.25, 0.3) is 0 Å². The highest BCUT2D eigenvalue weighted by molar-refractivity contribution is 7.92. The minimum Gasteiger partial charge on any atom is -0.497 e. The number of rotatable bonds is 9. The Balaban J connectivity index is 1.85. The number of methoxy groups -OCH3 is 2. The van der Waals surface area contributed by atoms with E-state index in [1.54, 1.807) is 12.1 Å². The van der Waals surface area contributed by atoms with Crippen molar-refractivity contribution in [2.45, 2.75) is 11.4 Å². The molecule has 168 valence electrons. The molecule has 1 amide bonds. The van der Waals surface area contributed by atoms with Crippen molar-refractivity contribution in [2.24, 2.45) is 0 Å². The fourth-order valence-corrected chi connectivity index (χ4v) is 4.45. The van der Waals surface area contributed by atoms with Gasteiger partial charge in [-0.2, -0.15) is 0 Å². The van der Waals surface area contributed by atoms with E-state index < -0.39 is 28.3 Å². The Labute approximate surface area is 186 Å². The van der Waals surface area contributed by atoms with Crippen LogP contribution in [-0.4, -0.2) is 35.1 Å². The molecule has 3 rings (SSSR count). The Morgan fingerprint density at radius 1 is 0.938 bits per heavy atom. The van der Waals surface area contributed by atoms with Gasteiger partial charge in [-0.25, -0.2) is 12.8 Å². The number of anilines is 1. The quantitative estimate of drug-likeness (QED) is 0.532. The van der Waals surface area contributed by atoms with Crippen molar-refractivity contribution in [3.8, 4) is 11.5 Å². The first kappa shape index (κ1) is 23.1. The second-order valence-electron chi connectivity index (χ2n) is 6.75. The van der Waals surface area contributed by atoms with Crippen LogP contribution in [0.1, 0.15) is 5.56 Å². The molecule has 0 aliphatic heterocycles. The van der Waals surface area contributed by atoms with Crippen molar-refractivity contribution in [3.63, 3.8) is 0 Å². The summed E-state index contributed by atoms with van der Waals surface area (Å²) in [4.78, 5) is 12.7. The molecule has 7 nitrogen and oxygen atoms in total. The Bertz CT molecular complexity index is 1170. The minimum atomic E-state index is -4.11. The molecule has 0 unspecified atom stereocenters. The third kappa shape index (κ3) is 5.36. The first-order valence-corrected chi connectivity index (χ1v) is 11.1. The zero-order valence-electron chi connectivity index (χ0n) is 17.6. The van der Waals surface area contributed by atoms with Gasteiger partial charge in [0, 0.05) is 12.1 Å². The maximum Gasteiger partial charge on any atom is 0.264 e. The van der Waals surface area contributed by atoms with E-state index in [1.807, 2.05) is 12.1 Å². The summed E-state index contributed by atoms with van der Waals surface area (Å²) in [5.41, 5.74) is 0.907. The Morgan fingerprint density at radius 3 is 2.22 bits per heavy atom. The molecule has 0 atom stereocenters. The molecule has 0 heterocycles. The number of carbonyl (C=O) groups is 1. The Hall–Kier alpha value is -3.59. The van der Waals surface area contributed by atoms with Gasteiger partial charge in [0.15, 0.2) is 0 Å². The van der Waals surface area contributed by atoms with Gasteiger partial charge in [0.1, 0.15) is 23.9 Å². The fraction of sp³-hybridized carbons (Fsp3) is 0.174. The van der Waals surface area contributed by atoms with Crippen LogP contribution in [0.2, 0.25) is 0 Å². The van der Waals surface area contributed by atoms with Crippen molar-refractivity contribution in [1.29, 1.82) is 0 Å². The van der Waals surface area contributed by atoms with Crippen molar-refractivity contribution >= 4 is 21.6 Å². The molecule has 32 heavy (non-hydrogen) atoms. The summed E-state index contributed by atoms with van der Waals surface area (Å²) < 4.78 is 51.3. The number of ether oxygens (including phenoxy) is 2. The second kappa shape index (κ2) is 10.1. The predicted molar refractivity (Wildman–Crippen MR) is 119 cm³/mol. The van der Waals surface area contributed by atoms with Crippen LogP contribution >= 0.6 is 0 Å². The summed E-state index contributed by atoms with van der Waals surface area (Å²) in [7, 11) is -1.11. The molecule has 0 radical (unpaired) electrons. The van der Waals surface area contributed by atoms with Crippen LogP contribution in [0.15, 0.2) is 77.7 Å². The van der Waals surface area contributed by atoms with Gasteiger partial charge in [-0.05, 0) is 54.6 Å². The van der Waals surface area contributed by atoms with Gasteiger partial charge in [-0.1, -0.05) is 18.2 Å².